The summed E-state index contributed by atoms with van der Waals surface area (Å²) in [5.74, 6) is -0.255. The normalized spacial score (nSPS) is 11.6. The van der Waals surface area contributed by atoms with Gasteiger partial charge in [-0.3, -0.25) is 0 Å². The molecule has 0 saturated carbocycles. The first-order valence-electron chi connectivity index (χ1n) is 8.17. The molecule has 8 nitrogen and oxygen atoms in total. The van der Waals surface area contributed by atoms with Gasteiger partial charge in [-0.05, 0) is 40.8 Å². The van der Waals surface area contributed by atoms with Crippen LogP contribution < -0.4 is 5.32 Å². The molecule has 4 aromatic rings. The second-order valence-corrected chi connectivity index (χ2v) is 5.86. The fraction of sp³-hybridized carbons (Fsp3) is 0.118. The summed E-state index contributed by atoms with van der Waals surface area (Å²) < 4.78 is 58.4. The molecule has 4 rings (SSSR count). The molecule has 0 unspecified atom stereocenters. The van der Waals surface area contributed by atoms with Crippen molar-refractivity contribution in [1.29, 1.82) is 0 Å². The van der Waals surface area contributed by atoms with E-state index in [-0.39, 0.29) is 23.9 Å². The first kappa shape index (κ1) is 18.5. The third-order valence-electron chi connectivity index (χ3n) is 3.93. The van der Waals surface area contributed by atoms with Crippen molar-refractivity contribution >= 4 is 5.69 Å². The molecule has 0 radical (unpaired) electrons. The lowest BCUT2D eigenvalue weighted by atomic mass is 10.1. The monoisotopic (exact) mass is 405 g/mol. The topological polar surface area (TPSA) is 94.6 Å². The van der Waals surface area contributed by atoms with Gasteiger partial charge in [0.25, 0.3) is 0 Å². The molecule has 0 amide bonds. The van der Waals surface area contributed by atoms with Crippen LogP contribution >= 0.6 is 0 Å². The lowest BCUT2D eigenvalue weighted by molar-refractivity contribution is -0.137. The second-order valence-electron chi connectivity index (χ2n) is 5.86. The molecule has 0 aliphatic carbocycles. The number of benzene rings is 2. The summed E-state index contributed by atoms with van der Waals surface area (Å²) in [7, 11) is 0. The van der Waals surface area contributed by atoms with Crippen molar-refractivity contribution in [2.75, 3.05) is 5.32 Å². The van der Waals surface area contributed by atoms with E-state index in [4.69, 9.17) is 4.52 Å². The lowest BCUT2D eigenvalue weighted by Gasteiger charge is -2.07. The zero-order valence-electron chi connectivity index (χ0n) is 14.4. The molecule has 0 bridgehead atoms. The van der Waals surface area contributed by atoms with E-state index in [9.17, 15) is 17.6 Å². The third-order valence-corrected chi connectivity index (χ3v) is 3.93. The summed E-state index contributed by atoms with van der Waals surface area (Å²) in [5, 5.41) is 17.3. The molecule has 1 N–H and O–H groups in total. The number of rotatable bonds is 5. The van der Waals surface area contributed by atoms with Crippen molar-refractivity contribution < 1.29 is 22.1 Å². The maximum atomic E-state index is 14.0. The molecule has 0 atom stereocenters. The summed E-state index contributed by atoms with van der Waals surface area (Å²) >= 11 is 0. The van der Waals surface area contributed by atoms with Crippen LogP contribution in [0.5, 0.6) is 0 Å². The number of hydrogen-bond donors (Lipinski definition) is 1. The Hall–Kier alpha value is -3.83. The van der Waals surface area contributed by atoms with E-state index in [2.05, 4.69) is 31.0 Å². The minimum absolute atomic E-state index is 0.00359. The summed E-state index contributed by atoms with van der Waals surface area (Å²) in [6, 6.07) is 8.62. The van der Waals surface area contributed by atoms with Gasteiger partial charge in [-0.1, -0.05) is 17.3 Å². The lowest BCUT2D eigenvalue weighted by Crippen LogP contribution is -2.04. The zero-order valence-corrected chi connectivity index (χ0v) is 14.4. The smallest absolute Gasteiger partial charge is 0.374 e. The van der Waals surface area contributed by atoms with Gasteiger partial charge in [0.15, 0.2) is 0 Å². The largest absolute Gasteiger partial charge is 0.416 e. The highest BCUT2D eigenvalue weighted by Crippen LogP contribution is 2.30. The summed E-state index contributed by atoms with van der Waals surface area (Å²) in [5.41, 5.74) is 0.284. The fourth-order valence-electron chi connectivity index (χ4n) is 2.49. The number of anilines is 1. The number of tetrazole rings is 1. The molecule has 12 heteroatoms. The van der Waals surface area contributed by atoms with E-state index in [0.29, 0.717) is 11.3 Å². The van der Waals surface area contributed by atoms with Crippen LogP contribution in [-0.2, 0) is 12.7 Å². The molecule has 0 saturated heterocycles. The number of nitrogens with one attached hydrogen (secondary N) is 1. The quantitative estimate of drug-likeness (QED) is 0.508. The molecular weight excluding hydrogens is 394 g/mol. The van der Waals surface area contributed by atoms with Crippen molar-refractivity contribution in [3.05, 3.63) is 66.1 Å². The molecule has 2 heterocycles. The Bertz CT molecular complexity index is 1110. The van der Waals surface area contributed by atoms with Gasteiger partial charge in [-0.2, -0.15) is 18.2 Å². The van der Waals surface area contributed by atoms with Gasteiger partial charge in [-0.25, -0.2) is 9.07 Å². The van der Waals surface area contributed by atoms with E-state index >= 15 is 0 Å². The molecule has 0 aliphatic rings. The maximum absolute atomic E-state index is 14.0. The highest BCUT2D eigenvalue weighted by Gasteiger charge is 2.30. The fourth-order valence-corrected chi connectivity index (χ4v) is 2.49. The Morgan fingerprint density at radius 3 is 2.55 bits per heavy atom. The number of alkyl halides is 3. The summed E-state index contributed by atoms with van der Waals surface area (Å²) in [6.07, 6.45) is -3.06. The van der Waals surface area contributed by atoms with Crippen LogP contribution in [0.4, 0.5) is 23.2 Å². The van der Waals surface area contributed by atoms with Crippen LogP contribution in [0.15, 0.2) is 53.3 Å². The minimum atomic E-state index is -4.42. The number of halogens is 4. The first-order valence-corrected chi connectivity index (χ1v) is 8.17. The van der Waals surface area contributed by atoms with Crippen LogP contribution in [0.3, 0.4) is 0 Å². The van der Waals surface area contributed by atoms with E-state index in [1.165, 1.54) is 41.3 Å². The Labute approximate surface area is 160 Å². The summed E-state index contributed by atoms with van der Waals surface area (Å²) in [6.45, 7) is 0.00359. The Kier molecular flexibility index (Phi) is 4.66. The van der Waals surface area contributed by atoms with E-state index in [1.807, 2.05) is 0 Å². The maximum Gasteiger partial charge on any atom is 0.416 e. The Morgan fingerprint density at radius 2 is 1.86 bits per heavy atom. The van der Waals surface area contributed by atoms with Crippen molar-refractivity contribution in [2.45, 2.75) is 12.7 Å². The molecule has 29 heavy (non-hydrogen) atoms. The molecule has 0 spiro atoms. The van der Waals surface area contributed by atoms with Crippen LogP contribution in [0.25, 0.3) is 17.1 Å². The predicted molar refractivity (Wildman–Crippen MR) is 91.2 cm³/mol. The van der Waals surface area contributed by atoms with Crippen molar-refractivity contribution in [1.82, 2.24) is 30.3 Å². The van der Waals surface area contributed by atoms with Gasteiger partial charge in [-0.15, -0.1) is 5.10 Å². The van der Waals surface area contributed by atoms with Crippen molar-refractivity contribution in [3.8, 4) is 17.1 Å². The number of nitrogens with zero attached hydrogens (tertiary/aromatic N) is 6. The Morgan fingerprint density at radius 1 is 1.07 bits per heavy atom. The molecule has 0 aliphatic heterocycles. The predicted octanol–water partition coefficient (Wildman–Crippen LogP) is 3.48. The molecule has 2 aromatic carbocycles. The summed E-state index contributed by atoms with van der Waals surface area (Å²) in [4.78, 5) is 4.11. The van der Waals surface area contributed by atoms with E-state index < -0.39 is 17.6 Å². The number of aromatic nitrogens is 6. The van der Waals surface area contributed by atoms with Crippen LogP contribution in [0.2, 0.25) is 0 Å². The standard InChI is InChI=1S/C17H11F4N7O/c18-13-6-5-12(28-9-23-26-27-28)7-14(13)22-8-15-24-16(25-29-15)10-1-3-11(4-2-10)17(19,20)21/h1-7,9,22H,8H2. The van der Waals surface area contributed by atoms with Crippen LogP contribution in [-0.4, -0.2) is 30.3 Å². The van der Waals surface area contributed by atoms with E-state index in [0.717, 1.165) is 12.1 Å². The average Bonchev–Trinajstić information content (AvgIpc) is 3.39. The molecule has 0 fully saturated rings. The van der Waals surface area contributed by atoms with Crippen LogP contribution in [0, 0.1) is 5.82 Å². The van der Waals surface area contributed by atoms with Gasteiger partial charge < -0.3 is 9.84 Å². The molecule has 148 valence electrons. The van der Waals surface area contributed by atoms with Gasteiger partial charge in [0.05, 0.1) is 23.5 Å². The molecule has 2 aromatic heterocycles. The van der Waals surface area contributed by atoms with Crippen molar-refractivity contribution in [2.24, 2.45) is 0 Å². The second kappa shape index (κ2) is 7.30. The number of hydrogen-bond acceptors (Lipinski definition) is 7. The highest BCUT2D eigenvalue weighted by atomic mass is 19.4. The first-order chi connectivity index (χ1) is 13.9. The van der Waals surface area contributed by atoms with Crippen LogP contribution in [0.1, 0.15) is 11.5 Å². The van der Waals surface area contributed by atoms with E-state index in [1.54, 1.807) is 0 Å². The average molecular weight is 405 g/mol. The highest BCUT2D eigenvalue weighted by molar-refractivity contribution is 5.55. The molecular formula is C17H11F4N7O. The zero-order chi connectivity index (χ0) is 20.4. The van der Waals surface area contributed by atoms with Gasteiger partial charge in [0, 0.05) is 5.56 Å². The Balaban J connectivity index is 1.47. The van der Waals surface area contributed by atoms with Gasteiger partial charge in [0.2, 0.25) is 11.7 Å². The SMILES string of the molecule is Fc1ccc(-n2cnnn2)cc1NCc1nc(-c2ccc(C(F)(F)F)cc2)no1. The third kappa shape index (κ3) is 4.05. The van der Waals surface area contributed by atoms with Gasteiger partial charge in [0.1, 0.15) is 12.1 Å². The minimum Gasteiger partial charge on any atom is -0.374 e. The van der Waals surface area contributed by atoms with Gasteiger partial charge >= 0.3 is 6.18 Å². The van der Waals surface area contributed by atoms with Crippen molar-refractivity contribution in [3.63, 3.8) is 0 Å².